The molecule has 0 atom stereocenters. The van der Waals surface area contributed by atoms with Gasteiger partial charge in [-0.2, -0.15) is 0 Å². The fourth-order valence-corrected chi connectivity index (χ4v) is 3.01. The fraction of sp³-hybridized carbons (Fsp3) is 0.200. The summed E-state index contributed by atoms with van der Waals surface area (Å²) < 4.78 is 11.4. The molecule has 0 amide bonds. The van der Waals surface area contributed by atoms with Gasteiger partial charge in [0.2, 0.25) is 0 Å². The van der Waals surface area contributed by atoms with E-state index in [9.17, 15) is 9.90 Å². The van der Waals surface area contributed by atoms with Crippen LogP contribution in [-0.2, 0) is 0 Å². The van der Waals surface area contributed by atoms with Crippen LogP contribution in [0.15, 0.2) is 42.6 Å². The monoisotopic (exact) mass is 371 g/mol. The molecule has 6 heteroatoms. The van der Waals surface area contributed by atoms with Gasteiger partial charge in [-0.1, -0.05) is 11.6 Å². The first-order chi connectivity index (χ1) is 12.5. The summed E-state index contributed by atoms with van der Waals surface area (Å²) in [6.45, 7) is 4.77. The number of ether oxygens (including phenoxy) is 2. The van der Waals surface area contributed by atoms with Crippen LogP contribution in [0.3, 0.4) is 0 Å². The highest BCUT2D eigenvalue weighted by Gasteiger charge is 2.15. The van der Waals surface area contributed by atoms with Crippen LogP contribution in [0, 0.1) is 0 Å². The van der Waals surface area contributed by atoms with Gasteiger partial charge in [-0.05, 0) is 72.1 Å². The van der Waals surface area contributed by atoms with E-state index in [4.69, 9.17) is 21.1 Å². The topological polar surface area (TPSA) is 68.7 Å². The van der Waals surface area contributed by atoms with Crippen molar-refractivity contribution in [2.75, 3.05) is 13.2 Å². The van der Waals surface area contributed by atoms with Gasteiger partial charge in [0.15, 0.2) is 11.5 Å². The van der Waals surface area contributed by atoms with Gasteiger partial charge in [-0.25, -0.2) is 9.78 Å². The number of aromatic nitrogens is 1. The van der Waals surface area contributed by atoms with Gasteiger partial charge in [0, 0.05) is 6.20 Å². The number of hydrogen-bond donors (Lipinski definition) is 1. The standard InChI is InChI=1S/C20H18ClNO4/c1-3-25-17-9-13-7-14(20(23)24)8-15(12-5-6-22-19(21)10-12)16(13)11-18(17)26-4-2/h5-11H,3-4H2,1-2H3,(H,23,24). The summed E-state index contributed by atoms with van der Waals surface area (Å²) in [6, 6.07) is 10.4. The predicted molar refractivity (Wildman–Crippen MR) is 101 cm³/mol. The van der Waals surface area contributed by atoms with E-state index >= 15 is 0 Å². The second-order valence-electron chi connectivity index (χ2n) is 5.58. The quantitative estimate of drug-likeness (QED) is 0.614. The summed E-state index contributed by atoms with van der Waals surface area (Å²) >= 11 is 6.02. The number of nitrogens with zero attached hydrogens (tertiary/aromatic N) is 1. The van der Waals surface area contributed by atoms with Crippen LogP contribution < -0.4 is 9.47 Å². The van der Waals surface area contributed by atoms with E-state index in [1.54, 1.807) is 30.5 Å². The number of aromatic carboxylic acids is 1. The molecule has 1 heterocycles. The van der Waals surface area contributed by atoms with Crippen molar-refractivity contribution in [3.05, 3.63) is 53.3 Å². The first-order valence-corrected chi connectivity index (χ1v) is 8.64. The molecule has 0 aliphatic carbocycles. The highest BCUT2D eigenvalue weighted by atomic mass is 35.5. The second-order valence-corrected chi connectivity index (χ2v) is 5.97. The molecule has 3 aromatic rings. The molecule has 0 bridgehead atoms. The van der Waals surface area contributed by atoms with E-state index in [2.05, 4.69) is 4.98 Å². The summed E-state index contributed by atoms with van der Waals surface area (Å²) in [5.74, 6) is 0.203. The fourth-order valence-electron chi connectivity index (χ4n) is 2.84. The Morgan fingerprint density at radius 3 is 2.38 bits per heavy atom. The number of carboxylic acids is 1. The summed E-state index contributed by atoms with van der Waals surface area (Å²) in [4.78, 5) is 15.6. The molecule has 2 aromatic carbocycles. The Bertz CT molecular complexity index is 971. The third-order valence-electron chi connectivity index (χ3n) is 3.90. The van der Waals surface area contributed by atoms with Crippen molar-refractivity contribution >= 4 is 28.3 Å². The Morgan fingerprint density at radius 2 is 1.77 bits per heavy atom. The molecule has 26 heavy (non-hydrogen) atoms. The average molecular weight is 372 g/mol. The molecular weight excluding hydrogens is 354 g/mol. The molecule has 0 fully saturated rings. The third kappa shape index (κ3) is 3.58. The number of halogens is 1. The van der Waals surface area contributed by atoms with E-state index < -0.39 is 5.97 Å². The van der Waals surface area contributed by atoms with E-state index in [0.29, 0.717) is 29.9 Å². The van der Waals surface area contributed by atoms with E-state index in [1.807, 2.05) is 26.0 Å². The van der Waals surface area contributed by atoms with Crippen molar-refractivity contribution in [2.24, 2.45) is 0 Å². The molecule has 0 saturated heterocycles. The lowest BCUT2D eigenvalue weighted by Crippen LogP contribution is -2.01. The van der Waals surface area contributed by atoms with Crippen molar-refractivity contribution < 1.29 is 19.4 Å². The largest absolute Gasteiger partial charge is 0.490 e. The molecule has 0 unspecified atom stereocenters. The predicted octanol–water partition coefficient (Wildman–Crippen LogP) is 5.05. The molecule has 134 valence electrons. The Hall–Kier alpha value is -2.79. The lowest BCUT2D eigenvalue weighted by molar-refractivity contribution is 0.0697. The number of benzene rings is 2. The van der Waals surface area contributed by atoms with Crippen LogP contribution in [0.5, 0.6) is 11.5 Å². The van der Waals surface area contributed by atoms with Crippen LogP contribution in [0.25, 0.3) is 21.9 Å². The van der Waals surface area contributed by atoms with Crippen molar-refractivity contribution in [3.63, 3.8) is 0 Å². The Labute approximate surface area is 156 Å². The number of carbonyl (C=O) groups is 1. The number of rotatable bonds is 6. The molecule has 0 spiro atoms. The summed E-state index contributed by atoms with van der Waals surface area (Å²) in [5, 5.41) is 11.4. The minimum atomic E-state index is -1.000. The van der Waals surface area contributed by atoms with Gasteiger partial charge >= 0.3 is 5.97 Å². The van der Waals surface area contributed by atoms with Crippen LogP contribution in [0.1, 0.15) is 24.2 Å². The number of fused-ring (bicyclic) bond motifs is 1. The molecule has 1 aromatic heterocycles. The van der Waals surface area contributed by atoms with Crippen molar-refractivity contribution in [1.82, 2.24) is 4.98 Å². The van der Waals surface area contributed by atoms with Gasteiger partial charge in [0.25, 0.3) is 0 Å². The first-order valence-electron chi connectivity index (χ1n) is 8.26. The van der Waals surface area contributed by atoms with Gasteiger partial charge < -0.3 is 14.6 Å². The zero-order valence-electron chi connectivity index (χ0n) is 14.5. The smallest absolute Gasteiger partial charge is 0.335 e. The lowest BCUT2D eigenvalue weighted by Gasteiger charge is -2.15. The van der Waals surface area contributed by atoms with E-state index in [0.717, 1.165) is 21.9 Å². The molecule has 0 aliphatic rings. The second kappa shape index (κ2) is 7.62. The molecule has 1 N–H and O–H groups in total. The highest BCUT2D eigenvalue weighted by molar-refractivity contribution is 6.29. The highest BCUT2D eigenvalue weighted by Crippen LogP contribution is 2.38. The van der Waals surface area contributed by atoms with Gasteiger partial charge in [-0.15, -0.1) is 0 Å². The number of hydrogen-bond acceptors (Lipinski definition) is 4. The van der Waals surface area contributed by atoms with Crippen molar-refractivity contribution in [3.8, 4) is 22.6 Å². The third-order valence-corrected chi connectivity index (χ3v) is 4.11. The van der Waals surface area contributed by atoms with Crippen LogP contribution in [0.2, 0.25) is 5.15 Å². The summed E-state index contributed by atoms with van der Waals surface area (Å²) in [6.07, 6.45) is 1.59. The zero-order valence-corrected chi connectivity index (χ0v) is 15.2. The van der Waals surface area contributed by atoms with Crippen molar-refractivity contribution in [1.29, 1.82) is 0 Å². The molecule has 5 nitrogen and oxygen atoms in total. The SMILES string of the molecule is CCOc1cc2cc(C(=O)O)cc(-c3ccnc(Cl)c3)c2cc1OCC. The van der Waals surface area contributed by atoms with Crippen LogP contribution >= 0.6 is 11.6 Å². The van der Waals surface area contributed by atoms with Gasteiger partial charge in [-0.3, -0.25) is 0 Å². The number of carboxylic acid groups (broad SMARTS) is 1. The Balaban J connectivity index is 2.33. The molecule has 0 radical (unpaired) electrons. The first kappa shape index (κ1) is 18.0. The maximum atomic E-state index is 11.6. The Kier molecular flexibility index (Phi) is 5.28. The normalized spacial score (nSPS) is 10.7. The van der Waals surface area contributed by atoms with Crippen LogP contribution in [-0.4, -0.2) is 29.3 Å². The number of pyridine rings is 1. The minimum Gasteiger partial charge on any atom is -0.490 e. The van der Waals surface area contributed by atoms with Crippen molar-refractivity contribution in [2.45, 2.75) is 13.8 Å². The molecule has 0 aliphatic heterocycles. The maximum absolute atomic E-state index is 11.6. The molecular formula is C20H18ClNO4. The van der Waals surface area contributed by atoms with Gasteiger partial charge in [0.1, 0.15) is 5.15 Å². The summed E-state index contributed by atoms with van der Waals surface area (Å²) in [5.41, 5.74) is 1.71. The molecule has 0 saturated carbocycles. The zero-order chi connectivity index (χ0) is 18.7. The van der Waals surface area contributed by atoms with Gasteiger partial charge in [0.05, 0.1) is 18.8 Å². The average Bonchev–Trinajstić information content (AvgIpc) is 2.61. The maximum Gasteiger partial charge on any atom is 0.335 e. The van der Waals surface area contributed by atoms with E-state index in [-0.39, 0.29) is 5.56 Å². The Morgan fingerprint density at radius 1 is 1.08 bits per heavy atom. The van der Waals surface area contributed by atoms with E-state index in [1.165, 1.54) is 0 Å². The van der Waals surface area contributed by atoms with Crippen LogP contribution in [0.4, 0.5) is 0 Å². The molecule has 3 rings (SSSR count). The lowest BCUT2D eigenvalue weighted by atomic mass is 9.95. The summed E-state index contributed by atoms with van der Waals surface area (Å²) in [7, 11) is 0. The minimum absolute atomic E-state index is 0.187.